The molecule has 0 unspecified atom stereocenters. The zero-order chi connectivity index (χ0) is 30.5. The van der Waals surface area contributed by atoms with E-state index in [1.165, 1.54) is 32.3 Å². The van der Waals surface area contributed by atoms with Crippen LogP contribution in [-0.4, -0.2) is 14.6 Å². The summed E-state index contributed by atoms with van der Waals surface area (Å²) in [4.78, 5) is 6.04. The lowest BCUT2D eigenvalue weighted by Crippen LogP contribution is -1.97. The van der Waals surface area contributed by atoms with E-state index in [9.17, 15) is 0 Å². The van der Waals surface area contributed by atoms with Crippen LogP contribution in [0.2, 0.25) is 0 Å². The van der Waals surface area contributed by atoms with Crippen LogP contribution >= 0.6 is 11.3 Å². The Hall–Kier alpha value is -5.84. The van der Waals surface area contributed by atoms with Gasteiger partial charge in [-0.25, -0.2) is 4.52 Å². The fourth-order valence-corrected chi connectivity index (χ4v) is 7.60. The highest BCUT2D eigenvalue weighted by atomic mass is 32.1. The van der Waals surface area contributed by atoms with Crippen LogP contribution in [0.1, 0.15) is 0 Å². The van der Waals surface area contributed by atoms with E-state index in [0.29, 0.717) is 0 Å². The average Bonchev–Trinajstić information content (AvgIpc) is 3.75. The maximum atomic E-state index is 5.45. The van der Waals surface area contributed by atoms with Crippen LogP contribution in [0.25, 0.3) is 81.7 Å². The van der Waals surface area contributed by atoms with Gasteiger partial charge in [-0.3, -0.25) is 4.98 Å². The van der Waals surface area contributed by atoms with Gasteiger partial charge < -0.3 is 0 Å². The summed E-state index contributed by atoms with van der Waals surface area (Å²) in [6, 6.07) is 55.9. The first-order chi connectivity index (χ1) is 22.8. The SMILES string of the molecule is c1ccc(-c2cc3cc(-c4ccccc4)n4nc(-c5cc6ccccc6s5)c(-c5ccccn5)c4c3cc2-c2ccccc2)cc1. The Bertz CT molecular complexity index is 2470. The maximum Gasteiger partial charge on any atom is 0.113 e. The summed E-state index contributed by atoms with van der Waals surface area (Å²) in [5, 5.41) is 8.97. The topological polar surface area (TPSA) is 30.2 Å². The largest absolute Gasteiger partial charge is 0.256 e. The van der Waals surface area contributed by atoms with E-state index in [-0.39, 0.29) is 0 Å². The van der Waals surface area contributed by atoms with Gasteiger partial charge in [0.25, 0.3) is 0 Å². The summed E-state index contributed by atoms with van der Waals surface area (Å²) in [6.45, 7) is 0. The summed E-state index contributed by atoms with van der Waals surface area (Å²) < 4.78 is 3.40. The molecule has 4 heteroatoms. The summed E-state index contributed by atoms with van der Waals surface area (Å²) in [6.07, 6.45) is 1.87. The van der Waals surface area contributed by atoms with Crippen LogP contribution in [0.5, 0.6) is 0 Å². The van der Waals surface area contributed by atoms with Gasteiger partial charge in [-0.15, -0.1) is 11.3 Å². The van der Waals surface area contributed by atoms with E-state index >= 15 is 0 Å². The fraction of sp³-hybridized carbons (Fsp3) is 0. The lowest BCUT2D eigenvalue weighted by Gasteiger charge is -2.16. The first kappa shape index (κ1) is 26.6. The fourth-order valence-electron chi connectivity index (χ4n) is 6.54. The predicted molar refractivity (Wildman–Crippen MR) is 193 cm³/mol. The van der Waals surface area contributed by atoms with Gasteiger partial charge in [-0.2, -0.15) is 5.10 Å². The molecule has 46 heavy (non-hydrogen) atoms. The van der Waals surface area contributed by atoms with E-state index in [1.807, 2.05) is 12.3 Å². The van der Waals surface area contributed by atoms with E-state index in [1.54, 1.807) is 11.3 Å². The van der Waals surface area contributed by atoms with Gasteiger partial charge in [-0.05, 0) is 75.5 Å². The van der Waals surface area contributed by atoms with Crippen molar-refractivity contribution in [1.82, 2.24) is 14.6 Å². The van der Waals surface area contributed by atoms with Gasteiger partial charge in [0, 0.05) is 21.8 Å². The highest BCUT2D eigenvalue weighted by molar-refractivity contribution is 7.22. The second-order valence-electron chi connectivity index (χ2n) is 11.5. The molecule has 9 aromatic rings. The Kier molecular flexibility index (Phi) is 6.32. The second kappa shape index (κ2) is 11.0. The Morgan fingerprint density at radius 1 is 0.522 bits per heavy atom. The minimum atomic E-state index is 0.907. The molecule has 0 spiro atoms. The zero-order valence-corrected chi connectivity index (χ0v) is 25.7. The number of pyridine rings is 2. The van der Waals surface area contributed by atoms with Gasteiger partial charge in [-0.1, -0.05) is 115 Å². The van der Waals surface area contributed by atoms with Gasteiger partial charge in [0.05, 0.1) is 27.3 Å². The Balaban J connectivity index is 1.47. The first-order valence-corrected chi connectivity index (χ1v) is 16.2. The summed E-state index contributed by atoms with van der Waals surface area (Å²) in [5.41, 5.74) is 10.9. The minimum absolute atomic E-state index is 0.907. The molecule has 0 aliphatic heterocycles. The Morgan fingerprint density at radius 2 is 1.15 bits per heavy atom. The molecule has 4 heterocycles. The summed E-state index contributed by atoms with van der Waals surface area (Å²) in [5.74, 6) is 0. The monoisotopic (exact) mass is 605 g/mol. The van der Waals surface area contributed by atoms with Crippen LogP contribution in [0.15, 0.2) is 164 Å². The minimum Gasteiger partial charge on any atom is -0.256 e. The number of hydrogen-bond acceptors (Lipinski definition) is 3. The maximum absolute atomic E-state index is 5.45. The van der Waals surface area contributed by atoms with Crippen molar-refractivity contribution in [3.63, 3.8) is 0 Å². The average molecular weight is 606 g/mol. The van der Waals surface area contributed by atoms with Crippen LogP contribution < -0.4 is 0 Å². The molecular weight excluding hydrogens is 579 g/mol. The van der Waals surface area contributed by atoms with Gasteiger partial charge >= 0.3 is 0 Å². The molecule has 4 aromatic heterocycles. The molecule has 3 nitrogen and oxygen atoms in total. The molecule has 0 bridgehead atoms. The van der Waals surface area contributed by atoms with Crippen molar-refractivity contribution in [2.75, 3.05) is 0 Å². The molecule has 0 aliphatic carbocycles. The number of rotatable bonds is 5. The number of hydrogen-bond donors (Lipinski definition) is 0. The van der Waals surface area contributed by atoms with Gasteiger partial charge in [0.2, 0.25) is 0 Å². The molecule has 0 saturated carbocycles. The number of fused-ring (bicyclic) bond motifs is 4. The zero-order valence-electron chi connectivity index (χ0n) is 24.8. The van der Waals surface area contributed by atoms with Crippen LogP contribution in [0.3, 0.4) is 0 Å². The predicted octanol–water partition coefficient (Wildman–Crippen LogP) is 11.4. The Morgan fingerprint density at radius 3 is 1.83 bits per heavy atom. The number of nitrogens with zero attached hydrogens (tertiary/aromatic N) is 3. The lowest BCUT2D eigenvalue weighted by molar-refractivity contribution is 0.981. The third-order valence-electron chi connectivity index (χ3n) is 8.67. The van der Waals surface area contributed by atoms with E-state index in [4.69, 9.17) is 10.1 Å². The van der Waals surface area contributed by atoms with E-state index < -0.39 is 0 Å². The van der Waals surface area contributed by atoms with Crippen LogP contribution in [0.4, 0.5) is 0 Å². The van der Waals surface area contributed by atoms with Crippen molar-refractivity contribution in [3.05, 3.63) is 164 Å². The third kappa shape index (κ3) is 4.42. The molecule has 9 rings (SSSR count). The molecule has 0 aliphatic rings. The molecule has 0 saturated heterocycles. The normalized spacial score (nSPS) is 11.5. The molecular formula is C42H27N3S. The van der Waals surface area contributed by atoms with E-state index in [2.05, 4.69) is 156 Å². The van der Waals surface area contributed by atoms with Crippen molar-refractivity contribution in [1.29, 1.82) is 0 Å². The molecule has 0 N–H and O–H groups in total. The standard InChI is InChI=1S/C42H27N3S/c1-4-14-28(15-5-1)33-24-32-25-37(30-18-8-3-9-19-30)45-42(35(32)27-34(33)29-16-6-2-7-17-29)40(36-21-12-13-23-43-36)41(44-45)39-26-31-20-10-11-22-38(31)46-39/h1-27H. The quantitative estimate of drug-likeness (QED) is 0.195. The molecule has 0 atom stereocenters. The van der Waals surface area contributed by atoms with Crippen molar-refractivity contribution >= 4 is 37.7 Å². The van der Waals surface area contributed by atoms with Gasteiger partial charge in [0.1, 0.15) is 5.69 Å². The summed E-state index contributed by atoms with van der Waals surface area (Å²) >= 11 is 1.78. The van der Waals surface area contributed by atoms with Gasteiger partial charge in [0.15, 0.2) is 0 Å². The number of thiophene rings is 1. The highest BCUT2D eigenvalue weighted by Gasteiger charge is 2.24. The third-order valence-corrected chi connectivity index (χ3v) is 9.79. The van der Waals surface area contributed by atoms with Crippen LogP contribution in [0, 0.1) is 0 Å². The second-order valence-corrected chi connectivity index (χ2v) is 12.5. The molecule has 0 radical (unpaired) electrons. The smallest absolute Gasteiger partial charge is 0.113 e. The van der Waals surface area contributed by atoms with Crippen molar-refractivity contribution in [3.8, 4) is 55.3 Å². The molecule has 5 aromatic carbocycles. The molecule has 216 valence electrons. The van der Waals surface area contributed by atoms with E-state index in [0.717, 1.165) is 49.4 Å². The van der Waals surface area contributed by atoms with Crippen molar-refractivity contribution < 1.29 is 0 Å². The van der Waals surface area contributed by atoms with Crippen molar-refractivity contribution in [2.45, 2.75) is 0 Å². The number of aromatic nitrogens is 3. The highest BCUT2D eigenvalue weighted by Crippen LogP contribution is 2.45. The lowest BCUT2D eigenvalue weighted by atomic mass is 9.90. The summed E-state index contributed by atoms with van der Waals surface area (Å²) in [7, 11) is 0. The first-order valence-electron chi connectivity index (χ1n) is 15.4. The van der Waals surface area contributed by atoms with Crippen LogP contribution in [-0.2, 0) is 0 Å². The molecule has 0 fully saturated rings. The Labute approximate surface area is 270 Å². The number of benzene rings is 5. The molecule has 0 amide bonds. The van der Waals surface area contributed by atoms with Crippen molar-refractivity contribution in [2.24, 2.45) is 0 Å².